The van der Waals surface area contributed by atoms with Crippen molar-refractivity contribution in [1.82, 2.24) is 4.98 Å². The number of benzene rings is 1. The number of nitro groups is 2. The van der Waals surface area contributed by atoms with Crippen LogP contribution in [0.2, 0.25) is 5.02 Å². The van der Waals surface area contributed by atoms with Crippen molar-refractivity contribution in [1.29, 1.82) is 0 Å². The van der Waals surface area contributed by atoms with Crippen LogP contribution in [0.4, 0.5) is 11.4 Å². The molecule has 0 aliphatic rings. The van der Waals surface area contributed by atoms with Gasteiger partial charge in [-0.2, -0.15) is 0 Å². The minimum atomic E-state index is -0.726. The summed E-state index contributed by atoms with van der Waals surface area (Å²) in [4.78, 5) is 24.4. The summed E-state index contributed by atoms with van der Waals surface area (Å²) in [5.41, 5.74) is -0.379. The van der Waals surface area contributed by atoms with Gasteiger partial charge in [-0.1, -0.05) is 23.7 Å². The number of aryl methyl sites for hydroxylation is 1. The summed E-state index contributed by atoms with van der Waals surface area (Å²) >= 11 is 5.64. The number of hydrogen-bond donors (Lipinski definition) is 0. The molecule has 0 aliphatic carbocycles. The van der Waals surface area contributed by atoms with E-state index >= 15 is 0 Å². The molecule has 0 saturated carbocycles. The SMILES string of the molecule is Cc1cccc(Oc2ncc(Cl)cc2[N+](=O)[O-])c1[N+](=O)[O-]. The number of hydrogen-bond acceptors (Lipinski definition) is 6. The molecule has 0 atom stereocenters. The second-order valence-corrected chi connectivity index (χ2v) is 4.45. The summed E-state index contributed by atoms with van der Waals surface area (Å²) in [6, 6.07) is 5.48. The van der Waals surface area contributed by atoms with Crippen LogP contribution in [-0.2, 0) is 0 Å². The lowest BCUT2D eigenvalue weighted by atomic mass is 10.2. The summed E-state index contributed by atoms with van der Waals surface area (Å²) in [6.07, 6.45) is 1.16. The zero-order valence-corrected chi connectivity index (χ0v) is 11.4. The number of nitrogens with zero attached hydrogens (tertiary/aromatic N) is 3. The van der Waals surface area contributed by atoms with Crippen LogP contribution in [0.5, 0.6) is 11.6 Å². The van der Waals surface area contributed by atoms with Crippen LogP contribution >= 0.6 is 11.6 Å². The molecule has 0 spiro atoms. The van der Waals surface area contributed by atoms with E-state index in [9.17, 15) is 20.2 Å². The first kappa shape index (κ1) is 14.7. The molecule has 108 valence electrons. The molecule has 1 aromatic carbocycles. The molecule has 0 saturated heterocycles. The van der Waals surface area contributed by atoms with Crippen molar-refractivity contribution < 1.29 is 14.6 Å². The van der Waals surface area contributed by atoms with Crippen LogP contribution in [0.1, 0.15) is 5.56 Å². The Balaban J connectivity index is 2.51. The standard InChI is InChI=1S/C12H8ClN3O5/c1-7-3-2-4-10(11(7)16(19)20)21-12-9(15(17)18)5-8(13)6-14-12/h2-6H,1H3. The van der Waals surface area contributed by atoms with Crippen molar-refractivity contribution in [2.45, 2.75) is 6.92 Å². The number of pyridine rings is 1. The Morgan fingerprint density at radius 3 is 2.57 bits per heavy atom. The monoisotopic (exact) mass is 309 g/mol. The van der Waals surface area contributed by atoms with E-state index in [0.29, 0.717) is 5.56 Å². The van der Waals surface area contributed by atoms with Crippen molar-refractivity contribution in [3.63, 3.8) is 0 Å². The summed E-state index contributed by atoms with van der Waals surface area (Å²) in [7, 11) is 0. The van der Waals surface area contributed by atoms with Crippen molar-refractivity contribution in [3.8, 4) is 11.6 Å². The molecular weight excluding hydrogens is 302 g/mol. The average molecular weight is 310 g/mol. The first-order valence-corrected chi connectivity index (χ1v) is 5.99. The van der Waals surface area contributed by atoms with Gasteiger partial charge in [-0.15, -0.1) is 0 Å². The normalized spacial score (nSPS) is 10.2. The summed E-state index contributed by atoms with van der Waals surface area (Å²) in [6.45, 7) is 1.54. The van der Waals surface area contributed by atoms with Gasteiger partial charge in [0.05, 0.1) is 21.1 Å². The highest BCUT2D eigenvalue weighted by molar-refractivity contribution is 6.30. The van der Waals surface area contributed by atoms with Crippen molar-refractivity contribution in [2.75, 3.05) is 0 Å². The minimum absolute atomic E-state index is 0.0628. The van der Waals surface area contributed by atoms with Crippen molar-refractivity contribution >= 4 is 23.0 Å². The minimum Gasteiger partial charge on any atom is -0.426 e. The molecule has 0 bridgehead atoms. The lowest BCUT2D eigenvalue weighted by Gasteiger charge is -2.07. The predicted octanol–water partition coefficient (Wildman–Crippen LogP) is 3.65. The van der Waals surface area contributed by atoms with E-state index in [4.69, 9.17) is 16.3 Å². The highest BCUT2D eigenvalue weighted by Crippen LogP contribution is 2.37. The van der Waals surface area contributed by atoms with E-state index in [-0.39, 0.29) is 22.3 Å². The third-order valence-electron chi connectivity index (χ3n) is 2.59. The lowest BCUT2D eigenvalue weighted by Crippen LogP contribution is -1.99. The second-order valence-electron chi connectivity index (χ2n) is 4.02. The van der Waals surface area contributed by atoms with Gasteiger partial charge in [0.15, 0.2) is 0 Å². The Morgan fingerprint density at radius 2 is 1.95 bits per heavy atom. The molecule has 0 N–H and O–H groups in total. The third-order valence-corrected chi connectivity index (χ3v) is 2.79. The summed E-state index contributed by atoms with van der Waals surface area (Å²) in [5, 5.41) is 22.1. The predicted molar refractivity (Wildman–Crippen MR) is 73.8 cm³/mol. The molecule has 1 aromatic heterocycles. The molecule has 0 amide bonds. The largest absolute Gasteiger partial charge is 0.426 e. The van der Waals surface area contributed by atoms with Crippen molar-refractivity contribution in [2.24, 2.45) is 0 Å². The van der Waals surface area contributed by atoms with Crippen LogP contribution < -0.4 is 4.74 Å². The van der Waals surface area contributed by atoms with Crippen LogP contribution in [0.15, 0.2) is 30.5 Å². The van der Waals surface area contributed by atoms with Gasteiger partial charge >= 0.3 is 11.4 Å². The smallest absolute Gasteiger partial charge is 0.332 e. The fraction of sp³-hybridized carbons (Fsp3) is 0.0833. The number of aromatic nitrogens is 1. The van der Waals surface area contributed by atoms with Gasteiger partial charge in [-0.3, -0.25) is 20.2 Å². The molecule has 0 radical (unpaired) electrons. The first-order chi connectivity index (χ1) is 9.90. The van der Waals surface area contributed by atoms with Crippen molar-refractivity contribution in [3.05, 3.63) is 61.3 Å². The molecule has 0 unspecified atom stereocenters. The Kier molecular flexibility index (Phi) is 3.99. The Bertz CT molecular complexity index is 735. The van der Waals surface area contributed by atoms with Gasteiger partial charge in [0.2, 0.25) is 5.75 Å². The lowest BCUT2D eigenvalue weighted by molar-refractivity contribution is -0.388. The van der Waals surface area contributed by atoms with Gasteiger partial charge < -0.3 is 4.74 Å². The fourth-order valence-electron chi connectivity index (χ4n) is 1.68. The van der Waals surface area contributed by atoms with Gasteiger partial charge in [-0.05, 0) is 13.0 Å². The van der Waals surface area contributed by atoms with Gasteiger partial charge in [0, 0.05) is 11.6 Å². The zero-order chi connectivity index (χ0) is 15.6. The maximum atomic E-state index is 11.1. The summed E-state index contributed by atoms with van der Waals surface area (Å²) in [5.74, 6) is -0.490. The quantitative estimate of drug-likeness (QED) is 0.630. The van der Waals surface area contributed by atoms with Crippen LogP contribution in [-0.4, -0.2) is 14.8 Å². The number of para-hydroxylation sites is 1. The number of halogens is 1. The van der Waals surface area contributed by atoms with E-state index in [1.807, 2.05) is 0 Å². The van der Waals surface area contributed by atoms with E-state index in [1.54, 1.807) is 6.07 Å². The van der Waals surface area contributed by atoms with E-state index < -0.39 is 15.5 Å². The molecule has 0 aliphatic heterocycles. The second kappa shape index (κ2) is 5.71. The Morgan fingerprint density at radius 1 is 1.24 bits per heavy atom. The highest BCUT2D eigenvalue weighted by Gasteiger charge is 2.24. The Labute approximate surface area is 123 Å². The Hall–Kier alpha value is -2.74. The van der Waals surface area contributed by atoms with E-state index in [2.05, 4.69) is 4.98 Å². The molecule has 21 heavy (non-hydrogen) atoms. The molecule has 1 heterocycles. The fourth-order valence-corrected chi connectivity index (χ4v) is 1.83. The van der Waals surface area contributed by atoms with Crippen LogP contribution in [0.25, 0.3) is 0 Å². The molecule has 2 rings (SSSR count). The summed E-state index contributed by atoms with van der Waals surface area (Å²) < 4.78 is 5.25. The maximum Gasteiger partial charge on any atom is 0.332 e. The molecular formula is C12H8ClN3O5. The third kappa shape index (κ3) is 3.06. The van der Waals surface area contributed by atoms with E-state index in [1.165, 1.54) is 19.1 Å². The first-order valence-electron chi connectivity index (χ1n) is 5.62. The highest BCUT2D eigenvalue weighted by atomic mass is 35.5. The number of rotatable bonds is 4. The topological polar surface area (TPSA) is 108 Å². The zero-order valence-electron chi connectivity index (χ0n) is 10.6. The molecule has 2 aromatic rings. The average Bonchev–Trinajstić information content (AvgIpc) is 2.40. The number of nitro benzene ring substituents is 1. The van der Waals surface area contributed by atoms with Crippen LogP contribution in [0.3, 0.4) is 0 Å². The van der Waals surface area contributed by atoms with Gasteiger partial charge in [-0.25, -0.2) is 4.98 Å². The maximum absolute atomic E-state index is 11.1. The molecule has 8 nitrogen and oxygen atoms in total. The number of ether oxygens (including phenoxy) is 1. The molecule has 9 heteroatoms. The molecule has 0 fully saturated rings. The van der Waals surface area contributed by atoms with Gasteiger partial charge in [0.1, 0.15) is 0 Å². The van der Waals surface area contributed by atoms with Gasteiger partial charge in [0.25, 0.3) is 5.88 Å². The van der Waals surface area contributed by atoms with E-state index in [0.717, 1.165) is 12.3 Å². The van der Waals surface area contributed by atoms with Crippen LogP contribution in [0, 0.1) is 27.2 Å².